The van der Waals surface area contributed by atoms with Crippen LogP contribution in [0.25, 0.3) is 0 Å². The van der Waals surface area contributed by atoms with Gasteiger partial charge in [0, 0.05) is 0 Å². The van der Waals surface area contributed by atoms with Gasteiger partial charge in [0.25, 0.3) is 0 Å². The second-order valence-corrected chi connectivity index (χ2v) is 4.77. The molecular weight excluding hydrogens is 156 g/mol. The van der Waals surface area contributed by atoms with Crippen molar-refractivity contribution in [3.63, 3.8) is 0 Å². The summed E-state index contributed by atoms with van der Waals surface area (Å²) in [5.41, 5.74) is 1.71. The van der Waals surface area contributed by atoms with E-state index >= 15 is 0 Å². The average molecular weight is 176 g/mol. The summed E-state index contributed by atoms with van der Waals surface area (Å²) in [6.45, 7) is 4.65. The lowest BCUT2D eigenvalue weighted by Gasteiger charge is -2.31. The van der Waals surface area contributed by atoms with Gasteiger partial charge >= 0.3 is 0 Å². The highest BCUT2D eigenvalue weighted by Crippen LogP contribution is 2.37. The lowest BCUT2D eigenvalue weighted by atomic mass is 9.74. The molecule has 2 rings (SSSR count). The van der Waals surface area contributed by atoms with E-state index in [0.29, 0.717) is 0 Å². The predicted octanol–water partition coefficient (Wildman–Crippen LogP) is 3.95. The fourth-order valence-corrected chi connectivity index (χ4v) is 2.61. The third-order valence-electron chi connectivity index (χ3n) is 3.54. The van der Waals surface area contributed by atoms with Gasteiger partial charge in [-0.2, -0.15) is 0 Å². The second-order valence-electron chi connectivity index (χ2n) is 4.77. The summed E-state index contributed by atoms with van der Waals surface area (Å²) in [7, 11) is 0. The monoisotopic (exact) mass is 176 g/mol. The fraction of sp³-hybridized carbons (Fsp3) is 0.692. The SMILES string of the molecule is CC(C)C1=CC2CCC=CC2CC1. The highest BCUT2D eigenvalue weighted by Gasteiger charge is 2.24. The number of rotatable bonds is 1. The van der Waals surface area contributed by atoms with Crippen LogP contribution in [0.4, 0.5) is 0 Å². The Balaban J connectivity index is 2.13. The van der Waals surface area contributed by atoms with Crippen molar-refractivity contribution in [1.29, 1.82) is 0 Å². The molecule has 0 aliphatic heterocycles. The van der Waals surface area contributed by atoms with Crippen LogP contribution in [-0.4, -0.2) is 0 Å². The van der Waals surface area contributed by atoms with Crippen LogP contribution >= 0.6 is 0 Å². The van der Waals surface area contributed by atoms with Crippen LogP contribution in [0.3, 0.4) is 0 Å². The number of fused-ring (bicyclic) bond motifs is 1. The summed E-state index contributed by atoms with van der Waals surface area (Å²) in [4.78, 5) is 0. The van der Waals surface area contributed by atoms with Gasteiger partial charge < -0.3 is 0 Å². The van der Waals surface area contributed by atoms with Crippen LogP contribution < -0.4 is 0 Å². The Morgan fingerprint density at radius 1 is 1.23 bits per heavy atom. The third-order valence-corrected chi connectivity index (χ3v) is 3.54. The molecule has 0 amide bonds. The second kappa shape index (κ2) is 3.69. The van der Waals surface area contributed by atoms with Gasteiger partial charge in [0.05, 0.1) is 0 Å². The number of hydrogen-bond acceptors (Lipinski definition) is 0. The molecule has 0 nitrogen and oxygen atoms in total. The maximum Gasteiger partial charge on any atom is -0.0165 e. The van der Waals surface area contributed by atoms with Gasteiger partial charge in [-0.05, 0) is 43.4 Å². The normalized spacial score (nSPS) is 33.0. The molecule has 0 spiro atoms. The van der Waals surface area contributed by atoms with E-state index < -0.39 is 0 Å². The minimum Gasteiger partial charge on any atom is -0.0882 e. The van der Waals surface area contributed by atoms with Crippen LogP contribution in [0.15, 0.2) is 23.8 Å². The molecule has 0 N–H and O–H groups in total. The van der Waals surface area contributed by atoms with E-state index in [1.54, 1.807) is 5.57 Å². The maximum absolute atomic E-state index is 2.57. The van der Waals surface area contributed by atoms with Crippen LogP contribution in [0.1, 0.15) is 39.5 Å². The molecule has 0 aromatic rings. The summed E-state index contributed by atoms with van der Waals surface area (Å²) in [5.74, 6) is 2.51. The van der Waals surface area contributed by atoms with Gasteiger partial charge in [-0.15, -0.1) is 0 Å². The molecule has 2 aliphatic carbocycles. The molecule has 0 heteroatoms. The van der Waals surface area contributed by atoms with Crippen LogP contribution in [0.2, 0.25) is 0 Å². The smallest absolute Gasteiger partial charge is 0.0165 e. The molecule has 13 heavy (non-hydrogen) atoms. The van der Waals surface area contributed by atoms with Gasteiger partial charge in [-0.25, -0.2) is 0 Å². The van der Waals surface area contributed by atoms with Crippen molar-refractivity contribution in [3.8, 4) is 0 Å². The first-order chi connectivity index (χ1) is 6.27. The van der Waals surface area contributed by atoms with Crippen molar-refractivity contribution in [2.24, 2.45) is 17.8 Å². The molecule has 0 bridgehead atoms. The third kappa shape index (κ3) is 1.87. The van der Waals surface area contributed by atoms with E-state index in [1.807, 2.05) is 0 Å². The number of hydrogen-bond donors (Lipinski definition) is 0. The first-order valence-electron chi connectivity index (χ1n) is 5.64. The zero-order valence-electron chi connectivity index (χ0n) is 8.79. The Hall–Kier alpha value is -0.520. The summed E-state index contributed by atoms with van der Waals surface area (Å²) < 4.78 is 0. The number of allylic oxidation sites excluding steroid dienone is 4. The van der Waals surface area contributed by atoms with E-state index in [1.165, 1.54) is 25.7 Å². The summed E-state index contributed by atoms with van der Waals surface area (Å²) >= 11 is 0. The van der Waals surface area contributed by atoms with Gasteiger partial charge in [0.1, 0.15) is 0 Å². The molecule has 0 aromatic heterocycles. The van der Waals surface area contributed by atoms with Gasteiger partial charge in [0.15, 0.2) is 0 Å². The first-order valence-corrected chi connectivity index (χ1v) is 5.64. The van der Waals surface area contributed by atoms with Crippen LogP contribution in [0, 0.1) is 17.8 Å². The Morgan fingerprint density at radius 2 is 2.08 bits per heavy atom. The van der Waals surface area contributed by atoms with Crippen LogP contribution in [-0.2, 0) is 0 Å². The average Bonchev–Trinajstić information content (AvgIpc) is 2.17. The molecule has 0 heterocycles. The standard InChI is InChI=1S/C13H20/c1-10(2)12-8-7-11-5-3-4-6-13(11)9-12/h3,5,9-11,13H,4,6-8H2,1-2H3. The Kier molecular flexibility index (Phi) is 2.57. The summed E-state index contributed by atoms with van der Waals surface area (Å²) in [6.07, 6.45) is 12.8. The molecule has 0 saturated carbocycles. The van der Waals surface area contributed by atoms with Crippen molar-refractivity contribution < 1.29 is 0 Å². The molecule has 0 fully saturated rings. The maximum atomic E-state index is 2.57. The molecule has 0 aromatic carbocycles. The van der Waals surface area contributed by atoms with Crippen molar-refractivity contribution >= 4 is 0 Å². The molecule has 0 radical (unpaired) electrons. The lowest BCUT2D eigenvalue weighted by Crippen LogP contribution is -2.19. The zero-order chi connectivity index (χ0) is 9.26. The van der Waals surface area contributed by atoms with E-state index in [4.69, 9.17) is 0 Å². The van der Waals surface area contributed by atoms with E-state index in [-0.39, 0.29) is 0 Å². The predicted molar refractivity (Wildman–Crippen MR) is 57.5 cm³/mol. The molecular formula is C13H20. The minimum absolute atomic E-state index is 0.770. The molecule has 72 valence electrons. The quantitative estimate of drug-likeness (QED) is 0.531. The summed E-state index contributed by atoms with van der Waals surface area (Å²) in [6, 6.07) is 0. The first kappa shape index (κ1) is 9.05. The van der Waals surface area contributed by atoms with Crippen molar-refractivity contribution in [2.75, 3.05) is 0 Å². The van der Waals surface area contributed by atoms with Gasteiger partial charge in [-0.1, -0.05) is 37.6 Å². The van der Waals surface area contributed by atoms with Crippen molar-refractivity contribution in [3.05, 3.63) is 23.8 Å². The minimum atomic E-state index is 0.770. The molecule has 0 saturated heterocycles. The van der Waals surface area contributed by atoms with Gasteiger partial charge in [-0.3, -0.25) is 0 Å². The Labute approximate surface area is 81.7 Å². The fourth-order valence-electron chi connectivity index (χ4n) is 2.61. The largest absolute Gasteiger partial charge is 0.0882 e. The van der Waals surface area contributed by atoms with Crippen LogP contribution in [0.5, 0.6) is 0 Å². The van der Waals surface area contributed by atoms with E-state index in [0.717, 1.165) is 17.8 Å². The summed E-state index contributed by atoms with van der Waals surface area (Å²) in [5, 5.41) is 0. The van der Waals surface area contributed by atoms with Crippen molar-refractivity contribution in [1.82, 2.24) is 0 Å². The van der Waals surface area contributed by atoms with Gasteiger partial charge in [0.2, 0.25) is 0 Å². The Bertz CT molecular complexity index is 232. The molecule has 2 aliphatic rings. The highest BCUT2D eigenvalue weighted by molar-refractivity contribution is 5.16. The Morgan fingerprint density at radius 3 is 2.85 bits per heavy atom. The van der Waals surface area contributed by atoms with Crippen molar-refractivity contribution in [2.45, 2.75) is 39.5 Å². The molecule has 2 unspecified atom stereocenters. The lowest BCUT2D eigenvalue weighted by molar-refractivity contribution is 0.373. The topological polar surface area (TPSA) is 0 Å². The van der Waals surface area contributed by atoms with E-state index in [9.17, 15) is 0 Å². The zero-order valence-corrected chi connectivity index (χ0v) is 8.79. The highest BCUT2D eigenvalue weighted by atomic mass is 14.3. The molecule has 2 atom stereocenters. The van der Waals surface area contributed by atoms with E-state index in [2.05, 4.69) is 32.1 Å².